The second-order valence-electron chi connectivity index (χ2n) is 5.92. The molecule has 0 fully saturated rings. The van der Waals surface area contributed by atoms with Gasteiger partial charge in [-0.3, -0.25) is 4.79 Å². The van der Waals surface area contributed by atoms with Crippen LogP contribution in [0.1, 0.15) is 15.9 Å². The molecule has 152 valence electrons. The second-order valence-corrected chi connectivity index (χ2v) is 5.92. The number of ketones is 1. The summed E-state index contributed by atoms with van der Waals surface area (Å²) in [5.74, 6) is -0.174. The summed E-state index contributed by atoms with van der Waals surface area (Å²) < 4.78 is 32.4. The van der Waals surface area contributed by atoms with Crippen LogP contribution in [0, 0.1) is 0 Å². The minimum atomic E-state index is -1.57. The molecule has 0 heterocycles. The van der Waals surface area contributed by atoms with E-state index in [0.717, 1.165) is 5.56 Å². The smallest absolute Gasteiger partial charge is 0.237 e. The van der Waals surface area contributed by atoms with Crippen LogP contribution in [0.25, 0.3) is 0 Å². The molecule has 0 radical (unpaired) electrons. The molecule has 0 aromatic heterocycles. The number of benzene rings is 2. The molecule has 0 spiro atoms. The van der Waals surface area contributed by atoms with E-state index < -0.39 is 11.6 Å². The first kappa shape index (κ1) is 21.5. The van der Waals surface area contributed by atoms with E-state index in [0.29, 0.717) is 23.0 Å². The third-order valence-electron chi connectivity index (χ3n) is 4.54. The summed E-state index contributed by atoms with van der Waals surface area (Å²) in [6.07, 6.45) is 0.182. The zero-order chi connectivity index (χ0) is 20.7. The molecule has 0 aliphatic carbocycles. The second kappa shape index (κ2) is 9.43. The van der Waals surface area contributed by atoms with Crippen molar-refractivity contribution >= 4 is 5.78 Å². The van der Waals surface area contributed by atoms with Crippen molar-refractivity contribution in [2.45, 2.75) is 12.2 Å². The molecule has 28 heavy (non-hydrogen) atoms. The number of hydrogen-bond donors (Lipinski definition) is 0. The summed E-state index contributed by atoms with van der Waals surface area (Å²) in [6, 6.07) is 10.5. The van der Waals surface area contributed by atoms with Gasteiger partial charge in [-0.25, -0.2) is 0 Å². The van der Waals surface area contributed by atoms with E-state index in [4.69, 9.17) is 28.4 Å². The van der Waals surface area contributed by atoms with Crippen molar-refractivity contribution in [1.29, 1.82) is 0 Å². The van der Waals surface area contributed by atoms with E-state index in [2.05, 4.69) is 0 Å². The van der Waals surface area contributed by atoms with Crippen LogP contribution in [-0.2, 0) is 15.9 Å². The maximum Gasteiger partial charge on any atom is 0.237 e. The highest BCUT2D eigenvalue weighted by molar-refractivity contribution is 6.06. The average Bonchev–Trinajstić information content (AvgIpc) is 2.76. The normalized spacial score (nSPS) is 11.1. The first-order valence-corrected chi connectivity index (χ1v) is 8.56. The molecule has 0 aliphatic rings. The van der Waals surface area contributed by atoms with Crippen molar-refractivity contribution in [1.82, 2.24) is 0 Å². The van der Waals surface area contributed by atoms with Gasteiger partial charge in [0, 0.05) is 32.8 Å². The fourth-order valence-electron chi connectivity index (χ4n) is 2.93. The Bertz CT molecular complexity index is 770. The molecule has 0 atom stereocenters. The van der Waals surface area contributed by atoms with E-state index in [1.807, 2.05) is 24.3 Å². The Morgan fingerprint density at radius 3 is 1.64 bits per heavy atom. The molecule has 0 saturated carbocycles. The Kier molecular flexibility index (Phi) is 7.25. The minimum absolute atomic E-state index is 0.182. The average molecular weight is 390 g/mol. The Labute approximate surface area is 165 Å². The molecule has 2 rings (SSSR count). The Morgan fingerprint density at radius 1 is 0.750 bits per heavy atom. The Morgan fingerprint density at radius 2 is 1.25 bits per heavy atom. The minimum Gasteiger partial charge on any atom is -0.497 e. The lowest BCUT2D eigenvalue weighted by molar-refractivity contribution is -0.168. The Balaban J connectivity index is 2.51. The van der Waals surface area contributed by atoms with Crippen molar-refractivity contribution in [2.24, 2.45) is 0 Å². The monoisotopic (exact) mass is 390 g/mol. The standard InChI is InChI=1S/C21H26O7/c1-23-15-9-7-14(8-10-15)13-21(27-5,28-6)20(22)19-17(25-3)11-16(24-2)12-18(19)26-4/h7-12H,13H2,1-6H3. The van der Waals surface area contributed by atoms with Gasteiger partial charge < -0.3 is 28.4 Å². The fraction of sp³-hybridized carbons (Fsp3) is 0.381. The predicted molar refractivity (Wildman–Crippen MR) is 104 cm³/mol. The van der Waals surface area contributed by atoms with Crippen LogP contribution in [0.3, 0.4) is 0 Å². The number of methoxy groups -OCH3 is 6. The predicted octanol–water partition coefficient (Wildman–Crippen LogP) is 3.14. The molecule has 2 aromatic rings. The number of Topliss-reactive ketones (excluding diaryl/α,β-unsaturated/α-hetero) is 1. The largest absolute Gasteiger partial charge is 0.497 e. The number of hydrogen-bond acceptors (Lipinski definition) is 7. The lowest BCUT2D eigenvalue weighted by atomic mass is 9.94. The summed E-state index contributed by atoms with van der Waals surface area (Å²) in [5.41, 5.74) is 1.05. The zero-order valence-corrected chi connectivity index (χ0v) is 17.0. The molecule has 7 nitrogen and oxygen atoms in total. The molecule has 2 aromatic carbocycles. The van der Waals surface area contributed by atoms with Crippen LogP contribution in [0.5, 0.6) is 23.0 Å². The van der Waals surface area contributed by atoms with E-state index in [9.17, 15) is 4.79 Å². The van der Waals surface area contributed by atoms with Crippen LogP contribution in [0.4, 0.5) is 0 Å². The van der Waals surface area contributed by atoms with Gasteiger partial charge in [0.2, 0.25) is 11.6 Å². The molecule has 0 aliphatic heterocycles. The van der Waals surface area contributed by atoms with E-state index in [1.165, 1.54) is 35.5 Å². The maximum atomic E-state index is 13.5. The SMILES string of the molecule is COc1ccc(CC(OC)(OC)C(=O)c2c(OC)cc(OC)cc2OC)cc1. The van der Waals surface area contributed by atoms with E-state index in [-0.39, 0.29) is 12.0 Å². The van der Waals surface area contributed by atoms with Gasteiger partial charge in [0.05, 0.1) is 28.4 Å². The zero-order valence-electron chi connectivity index (χ0n) is 17.0. The molecular weight excluding hydrogens is 364 g/mol. The topological polar surface area (TPSA) is 72.5 Å². The number of ether oxygens (including phenoxy) is 6. The van der Waals surface area contributed by atoms with Gasteiger partial charge in [-0.15, -0.1) is 0 Å². The lowest BCUT2D eigenvalue weighted by Crippen LogP contribution is -2.45. The van der Waals surface area contributed by atoms with Gasteiger partial charge in [0.25, 0.3) is 0 Å². The molecule has 0 saturated heterocycles. The molecule has 0 amide bonds. The van der Waals surface area contributed by atoms with Crippen molar-refractivity contribution in [3.63, 3.8) is 0 Å². The quantitative estimate of drug-likeness (QED) is 0.456. The third-order valence-corrected chi connectivity index (χ3v) is 4.54. The maximum absolute atomic E-state index is 13.5. The van der Waals surface area contributed by atoms with Crippen LogP contribution in [-0.4, -0.2) is 54.2 Å². The van der Waals surface area contributed by atoms with Crippen molar-refractivity contribution in [3.8, 4) is 23.0 Å². The Hall–Kier alpha value is -2.77. The number of carbonyl (C=O) groups excluding carboxylic acids is 1. The highest BCUT2D eigenvalue weighted by atomic mass is 16.7. The summed E-state index contributed by atoms with van der Waals surface area (Å²) in [7, 11) is 8.90. The number of rotatable bonds is 10. The third kappa shape index (κ3) is 4.21. The van der Waals surface area contributed by atoms with Gasteiger partial charge in [-0.1, -0.05) is 12.1 Å². The lowest BCUT2D eigenvalue weighted by Gasteiger charge is -2.30. The first-order chi connectivity index (χ1) is 13.5. The summed E-state index contributed by atoms with van der Waals surface area (Å²) in [5, 5.41) is 0. The van der Waals surface area contributed by atoms with Crippen LogP contribution in [0.15, 0.2) is 36.4 Å². The number of carbonyl (C=O) groups is 1. The highest BCUT2D eigenvalue weighted by Crippen LogP contribution is 2.38. The molecule has 0 bridgehead atoms. The van der Waals surface area contributed by atoms with Crippen molar-refractivity contribution in [3.05, 3.63) is 47.5 Å². The molecule has 0 N–H and O–H groups in total. The van der Waals surface area contributed by atoms with Crippen molar-refractivity contribution < 1.29 is 33.2 Å². The van der Waals surface area contributed by atoms with Crippen LogP contribution >= 0.6 is 0 Å². The fourth-order valence-corrected chi connectivity index (χ4v) is 2.93. The summed E-state index contributed by atoms with van der Waals surface area (Å²) in [4.78, 5) is 13.5. The molecule has 7 heteroatoms. The molecular formula is C21H26O7. The van der Waals surface area contributed by atoms with Gasteiger partial charge in [-0.05, 0) is 17.7 Å². The summed E-state index contributed by atoms with van der Waals surface area (Å²) in [6.45, 7) is 0. The first-order valence-electron chi connectivity index (χ1n) is 8.56. The van der Waals surface area contributed by atoms with Gasteiger partial charge >= 0.3 is 0 Å². The van der Waals surface area contributed by atoms with Gasteiger partial charge in [-0.2, -0.15) is 0 Å². The van der Waals surface area contributed by atoms with E-state index in [1.54, 1.807) is 19.2 Å². The summed E-state index contributed by atoms with van der Waals surface area (Å²) >= 11 is 0. The van der Waals surface area contributed by atoms with Gasteiger partial charge in [0.1, 0.15) is 28.6 Å². The van der Waals surface area contributed by atoms with Gasteiger partial charge in [0.15, 0.2) is 0 Å². The van der Waals surface area contributed by atoms with Crippen LogP contribution in [0.2, 0.25) is 0 Å². The molecule has 0 unspecified atom stereocenters. The van der Waals surface area contributed by atoms with Crippen molar-refractivity contribution in [2.75, 3.05) is 42.7 Å². The highest BCUT2D eigenvalue weighted by Gasteiger charge is 2.42. The van der Waals surface area contributed by atoms with Crippen LogP contribution < -0.4 is 18.9 Å². The van der Waals surface area contributed by atoms with E-state index >= 15 is 0 Å².